The number of benzene rings is 1. The topological polar surface area (TPSA) is 212 Å². The van der Waals surface area contributed by atoms with Crippen molar-refractivity contribution in [2.45, 2.75) is 64.6 Å². The van der Waals surface area contributed by atoms with Crippen molar-refractivity contribution in [1.29, 1.82) is 0 Å². The van der Waals surface area contributed by atoms with Gasteiger partial charge in [-0.3, -0.25) is 39.0 Å². The van der Waals surface area contributed by atoms with Crippen LogP contribution in [0.15, 0.2) is 65.3 Å². The molecule has 0 spiro atoms. The zero-order chi connectivity index (χ0) is 44.0. The van der Waals surface area contributed by atoms with Crippen LogP contribution in [-0.4, -0.2) is 128 Å². The van der Waals surface area contributed by atoms with Crippen LogP contribution in [0.2, 0.25) is 0 Å². The highest BCUT2D eigenvalue weighted by Crippen LogP contribution is 2.46. The predicted molar refractivity (Wildman–Crippen MR) is 220 cm³/mol. The van der Waals surface area contributed by atoms with Crippen LogP contribution in [0.1, 0.15) is 73.4 Å². The summed E-state index contributed by atoms with van der Waals surface area (Å²) in [7, 11) is 0. The highest BCUT2D eigenvalue weighted by Gasteiger charge is 2.48. The fourth-order valence-electron chi connectivity index (χ4n) is 8.78. The monoisotopic (exact) mass is 851 g/mol. The first kappa shape index (κ1) is 41.8. The Labute approximate surface area is 354 Å². The number of carbonyl (C=O) groups is 6. The minimum absolute atomic E-state index is 0.00661. The number of piperazine rings is 1. The molecule has 1 aliphatic carbocycles. The van der Waals surface area contributed by atoms with Gasteiger partial charge in [0, 0.05) is 45.1 Å². The van der Waals surface area contributed by atoms with Gasteiger partial charge in [-0.25, -0.2) is 28.7 Å². The summed E-state index contributed by atoms with van der Waals surface area (Å²) in [5, 5.41) is 7.70. The molecule has 2 aromatic heterocycles. The van der Waals surface area contributed by atoms with Gasteiger partial charge < -0.3 is 30.1 Å². The molecule has 8 rings (SSSR count). The largest absolute Gasteiger partial charge is 0.367 e. The van der Waals surface area contributed by atoms with E-state index in [1.165, 1.54) is 24.3 Å². The molecular weight excluding hydrogens is 809 g/mol. The van der Waals surface area contributed by atoms with E-state index in [0.29, 0.717) is 55.5 Å². The number of amidine groups is 1. The molecule has 18 nitrogen and oxygen atoms in total. The van der Waals surface area contributed by atoms with Gasteiger partial charge in [0.25, 0.3) is 11.8 Å². The van der Waals surface area contributed by atoms with E-state index < -0.39 is 59.4 Å². The highest BCUT2D eigenvalue weighted by molar-refractivity contribution is 6.26. The van der Waals surface area contributed by atoms with E-state index in [1.807, 2.05) is 43.6 Å². The lowest BCUT2D eigenvalue weighted by Crippen LogP contribution is -2.54. The van der Waals surface area contributed by atoms with Gasteiger partial charge in [0.05, 0.1) is 40.4 Å². The van der Waals surface area contributed by atoms with Gasteiger partial charge in [-0.15, -0.1) is 0 Å². The quantitative estimate of drug-likeness (QED) is 0.237. The summed E-state index contributed by atoms with van der Waals surface area (Å²) in [6.07, 6.45) is 4.24. The van der Waals surface area contributed by atoms with Crippen LogP contribution in [0.5, 0.6) is 0 Å². The maximum Gasteiger partial charge on any atom is 0.264 e. The van der Waals surface area contributed by atoms with Gasteiger partial charge >= 0.3 is 0 Å². The minimum Gasteiger partial charge on any atom is -0.367 e. The molecule has 2 unspecified atom stereocenters. The zero-order valence-electron chi connectivity index (χ0n) is 34.3. The number of rotatable bonds is 11. The predicted octanol–water partition coefficient (Wildman–Crippen LogP) is 3.33. The van der Waals surface area contributed by atoms with Gasteiger partial charge in [0.1, 0.15) is 48.1 Å². The van der Waals surface area contributed by atoms with Crippen LogP contribution in [0.3, 0.4) is 0 Å². The van der Waals surface area contributed by atoms with Crippen LogP contribution in [0.25, 0.3) is 5.57 Å². The number of hydrogen-bond acceptors (Lipinski definition) is 14. The van der Waals surface area contributed by atoms with E-state index in [0.717, 1.165) is 16.8 Å². The first-order valence-corrected chi connectivity index (χ1v) is 20.1. The van der Waals surface area contributed by atoms with Crippen molar-refractivity contribution in [3.63, 3.8) is 0 Å². The van der Waals surface area contributed by atoms with Gasteiger partial charge in [-0.1, -0.05) is 6.07 Å². The van der Waals surface area contributed by atoms with E-state index in [4.69, 9.17) is 4.74 Å². The van der Waals surface area contributed by atoms with Crippen LogP contribution in [0, 0.1) is 5.82 Å². The third-order valence-corrected chi connectivity index (χ3v) is 11.5. The number of anilines is 4. The lowest BCUT2D eigenvalue weighted by atomic mass is 9.82. The molecule has 2 atom stereocenters. The molecule has 2 saturated heterocycles. The normalized spacial score (nSPS) is 21.2. The molecule has 322 valence electrons. The number of amides is 6. The Hall–Kier alpha value is -6.96. The molecule has 5 aliphatic rings. The number of imide groups is 2. The van der Waals surface area contributed by atoms with Gasteiger partial charge in [-0.05, 0) is 70.0 Å². The number of aromatic nitrogens is 3. The van der Waals surface area contributed by atoms with Crippen molar-refractivity contribution in [2.75, 3.05) is 54.9 Å². The molecule has 1 aromatic carbocycles. The molecule has 4 aliphatic heterocycles. The molecular formula is C42H43F2N11O7. The number of nitrogens with zero attached hydrogens (tertiary/aromatic N) is 8. The van der Waals surface area contributed by atoms with Crippen molar-refractivity contribution in [3.05, 3.63) is 83.0 Å². The van der Waals surface area contributed by atoms with E-state index in [2.05, 4.69) is 35.9 Å². The summed E-state index contributed by atoms with van der Waals surface area (Å²) >= 11 is 0. The number of pyridine rings is 1. The molecule has 3 N–H and O–H groups in total. The molecule has 6 amide bonds. The fraction of sp³-hybridized carbons (Fsp3) is 0.381. The SMILES string of the molecule is CC1=NC2=C(F)C=C(c3nc(Nc4ccc(N5CCN(C(=O)COCC(=O)Nc6cccc7c6C(=O)N(C6CCC(=O)NC6=O)C7=O)CC5)cn4)ncc3F)CC2(C)N1C(C)C. The number of aliphatic imine (C=N–C) groups is 1. The smallest absolute Gasteiger partial charge is 0.264 e. The molecule has 3 aromatic rings. The van der Waals surface area contributed by atoms with E-state index in [1.54, 1.807) is 17.2 Å². The maximum atomic E-state index is 15.4. The van der Waals surface area contributed by atoms with Crippen LogP contribution < -0.4 is 20.9 Å². The van der Waals surface area contributed by atoms with Gasteiger partial charge in [0.15, 0.2) is 5.82 Å². The first-order chi connectivity index (χ1) is 29.6. The lowest BCUT2D eigenvalue weighted by molar-refractivity contribution is -0.138. The number of piperidine rings is 1. The number of ether oxygens (including phenoxy) is 1. The minimum atomic E-state index is -1.15. The van der Waals surface area contributed by atoms with Gasteiger partial charge in [-0.2, -0.15) is 0 Å². The lowest BCUT2D eigenvalue weighted by Gasteiger charge is -2.42. The summed E-state index contributed by atoms with van der Waals surface area (Å²) in [6.45, 7) is 8.59. The standard InChI is InChI=1S/C42H43F2N11O7/c1-22(2)55-23(3)47-37-27(43)16-24(17-42(37,55)4)36-28(44)19-46-41(51-36)49-31-10-8-25(18-45-31)52-12-14-53(15-13-52)34(58)21-62-20-33(57)48-29-7-5-6-26-35(29)40(61)54(39(26)60)30-9-11-32(56)50-38(30)59/h5-8,10,16,18-19,22,30H,9,11-15,17,20-21H2,1-4H3,(H,48,57)(H,50,56,59)(H,45,46,49,51). The maximum absolute atomic E-state index is 15.4. The summed E-state index contributed by atoms with van der Waals surface area (Å²) in [4.78, 5) is 100. The highest BCUT2D eigenvalue weighted by atomic mass is 19.1. The van der Waals surface area contributed by atoms with Crippen molar-refractivity contribution in [1.82, 2.24) is 35.0 Å². The Balaban J connectivity index is 0.809. The Morgan fingerprint density at radius 1 is 1.00 bits per heavy atom. The Morgan fingerprint density at radius 3 is 2.48 bits per heavy atom. The van der Waals surface area contributed by atoms with Crippen molar-refractivity contribution < 1.29 is 42.3 Å². The van der Waals surface area contributed by atoms with Crippen LogP contribution in [-0.2, 0) is 23.9 Å². The number of nitrogens with one attached hydrogen (secondary N) is 3. The number of halogens is 2. The molecule has 0 saturated carbocycles. The third-order valence-electron chi connectivity index (χ3n) is 11.5. The summed E-state index contributed by atoms with van der Waals surface area (Å²) in [6, 6.07) is 6.78. The van der Waals surface area contributed by atoms with Crippen LogP contribution >= 0.6 is 0 Å². The molecule has 6 heterocycles. The Morgan fingerprint density at radius 2 is 1.77 bits per heavy atom. The Kier molecular flexibility index (Phi) is 11.1. The zero-order valence-corrected chi connectivity index (χ0v) is 34.3. The number of carbonyl (C=O) groups excluding carboxylic acids is 6. The van der Waals surface area contributed by atoms with Crippen LogP contribution in [0.4, 0.5) is 31.9 Å². The molecule has 0 radical (unpaired) electrons. The second-order valence-corrected chi connectivity index (χ2v) is 15.9. The van der Waals surface area contributed by atoms with Crippen molar-refractivity contribution in [2.24, 2.45) is 4.99 Å². The molecule has 2 fully saturated rings. The number of allylic oxidation sites excluding steroid dienone is 2. The van der Waals surface area contributed by atoms with Crippen molar-refractivity contribution in [3.8, 4) is 0 Å². The van der Waals surface area contributed by atoms with Crippen molar-refractivity contribution >= 4 is 70.0 Å². The average molecular weight is 852 g/mol. The number of fused-ring (bicyclic) bond motifs is 2. The summed E-state index contributed by atoms with van der Waals surface area (Å²) in [5.74, 6) is -3.73. The molecule has 0 bridgehead atoms. The second-order valence-electron chi connectivity index (χ2n) is 15.9. The number of hydrogen-bond donors (Lipinski definition) is 3. The first-order valence-electron chi connectivity index (χ1n) is 20.1. The summed E-state index contributed by atoms with van der Waals surface area (Å²) in [5.41, 5.74) is 0.675. The van der Waals surface area contributed by atoms with Gasteiger partial charge in [0.2, 0.25) is 29.6 Å². The second kappa shape index (κ2) is 16.5. The van der Waals surface area contributed by atoms with E-state index in [9.17, 15) is 28.8 Å². The molecule has 20 heteroatoms. The summed E-state index contributed by atoms with van der Waals surface area (Å²) < 4.78 is 36.0. The van der Waals surface area contributed by atoms with E-state index >= 15 is 8.78 Å². The third kappa shape index (κ3) is 7.76. The van der Waals surface area contributed by atoms with E-state index in [-0.39, 0.29) is 59.9 Å². The average Bonchev–Trinajstić information content (AvgIpc) is 3.66. The molecule has 62 heavy (non-hydrogen) atoms. The Bertz CT molecular complexity index is 2500. The fourth-order valence-corrected chi connectivity index (χ4v) is 8.78.